The van der Waals surface area contributed by atoms with Gasteiger partial charge in [-0.1, -0.05) is 12.1 Å². The Balaban J connectivity index is 1.96. The highest BCUT2D eigenvalue weighted by molar-refractivity contribution is 5.94. The lowest BCUT2D eigenvalue weighted by Crippen LogP contribution is -2.46. The van der Waals surface area contributed by atoms with Crippen LogP contribution in [-0.2, 0) is 16.1 Å². The molecule has 0 spiro atoms. The van der Waals surface area contributed by atoms with Crippen molar-refractivity contribution in [1.29, 1.82) is 0 Å². The molecule has 1 heterocycles. The summed E-state index contributed by atoms with van der Waals surface area (Å²) in [7, 11) is 0. The van der Waals surface area contributed by atoms with Gasteiger partial charge in [-0.15, -0.1) is 0 Å². The van der Waals surface area contributed by atoms with Gasteiger partial charge in [0.25, 0.3) is 5.91 Å². The van der Waals surface area contributed by atoms with Crippen LogP contribution in [0.15, 0.2) is 24.3 Å². The van der Waals surface area contributed by atoms with Gasteiger partial charge in [0.15, 0.2) is 0 Å². The van der Waals surface area contributed by atoms with Crippen molar-refractivity contribution in [3.05, 3.63) is 35.4 Å². The molecule has 5 nitrogen and oxygen atoms in total. The average Bonchev–Trinajstić information content (AvgIpc) is 2.52. The molecule has 0 bridgehead atoms. The van der Waals surface area contributed by atoms with E-state index in [1.165, 1.54) is 0 Å². The summed E-state index contributed by atoms with van der Waals surface area (Å²) >= 11 is 0. The van der Waals surface area contributed by atoms with Gasteiger partial charge in [-0.3, -0.25) is 4.79 Å². The molecule has 1 fully saturated rings. The Morgan fingerprint density at radius 1 is 1.43 bits per heavy atom. The van der Waals surface area contributed by atoms with Crippen LogP contribution in [0.5, 0.6) is 0 Å². The number of rotatable bonds is 5. The summed E-state index contributed by atoms with van der Waals surface area (Å²) in [5.74, 6) is -0.0203. The predicted octanol–water partition coefficient (Wildman–Crippen LogP) is 1.44. The van der Waals surface area contributed by atoms with Crippen molar-refractivity contribution in [2.45, 2.75) is 32.7 Å². The molecule has 1 amide bonds. The number of benzene rings is 1. The maximum atomic E-state index is 12.4. The third-order valence-corrected chi connectivity index (χ3v) is 3.41. The van der Waals surface area contributed by atoms with E-state index in [1.807, 2.05) is 38.1 Å². The first-order valence-corrected chi connectivity index (χ1v) is 7.32. The van der Waals surface area contributed by atoms with Crippen molar-refractivity contribution in [1.82, 2.24) is 4.90 Å². The zero-order valence-electron chi connectivity index (χ0n) is 12.6. The quantitative estimate of drug-likeness (QED) is 0.892. The summed E-state index contributed by atoms with van der Waals surface area (Å²) in [6, 6.07) is 7.48. The molecule has 21 heavy (non-hydrogen) atoms. The lowest BCUT2D eigenvalue weighted by molar-refractivity contribution is -0.0447. The van der Waals surface area contributed by atoms with Crippen molar-refractivity contribution in [2.24, 2.45) is 0 Å². The van der Waals surface area contributed by atoms with Crippen LogP contribution in [0.25, 0.3) is 0 Å². The maximum Gasteiger partial charge on any atom is 0.254 e. The molecule has 1 N–H and O–H groups in total. The Labute approximate surface area is 125 Å². The third-order valence-electron chi connectivity index (χ3n) is 3.41. The molecule has 1 unspecified atom stereocenters. The number of aliphatic hydroxyl groups excluding tert-OH is 1. The van der Waals surface area contributed by atoms with Crippen LogP contribution in [0.3, 0.4) is 0 Å². The van der Waals surface area contributed by atoms with Crippen LogP contribution in [0.2, 0.25) is 0 Å². The first kappa shape index (κ1) is 15.9. The smallest absolute Gasteiger partial charge is 0.254 e. The molecule has 0 radical (unpaired) electrons. The van der Waals surface area contributed by atoms with Gasteiger partial charge >= 0.3 is 0 Å². The van der Waals surface area contributed by atoms with E-state index >= 15 is 0 Å². The predicted molar refractivity (Wildman–Crippen MR) is 79.1 cm³/mol. The van der Waals surface area contributed by atoms with Crippen LogP contribution in [0, 0.1) is 0 Å². The summed E-state index contributed by atoms with van der Waals surface area (Å²) in [4.78, 5) is 14.1. The fourth-order valence-electron chi connectivity index (χ4n) is 2.20. The second-order valence-electron chi connectivity index (χ2n) is 5.48. The van der Waals surface area contributed by atoms with Crippen LogP contribution >= 0.6 is 0 Å². The Hall–Kier alpha value is -1.43. The van der Waals surface area contributed by atoms with Gasteiger partial charge in [-0.05, 0) is 31.5 Å². The van der Waals surface area contributed by atoms with Gasteiger partial charge < -0.3 is 19.5 Å². The van der Waals surface area contributed by atoms with E-state index in [0.717, 1.165) is 5.56 Å². The number of aliphatic hydroxyl groups is 1. The lowest BCUT2D eigenvalue weighted by atomic mass is 10.1. The number of carbonyl (C=O) groups is 1. The van der Waals surface area contributed by atoms with Gasteiger partial charge in [0.05, 0.1) is 32.0 Å². The summed E-state index contributed by atoms with van der Waals surface area (Å²) in [6.45, 7) is 5.95. The summed E-state index contributed by atoms with van der Waals surface area (Å²) in [5.41, 5.74) is 1.71. The molecule has 1 aromatic carbocycles. The van der Waals surface area contributed by atoms with E-state index in [9.17, 15) is 4.79 Å². The molecule has 2 rings (SSSR count). The van der Waals surface area contributed by atoms with Gasteiger partial charge in [0.2, 0.25) is 0 Å². The van der Waals surface area contributed by atoms with Crippen molar-refractivity contribution in [3.8, 4) is 0 Å². The highest BCUT2D eigenvalue weighted by atomic mass is 16.5. The molecule has 5 heteroatoms. The number of hydrogen-bond acceptors (Lipinski definition) is 4. The summed E-state index contributed by atoms with van der Waals surface area (Å²) < 4.78 is 10.9. The number of amides is 1. The fourth-order valence-corrected chi connectivity index (χ4v) is 2.20. The van der Waals surface area contributed by atoms with Crippen molar-refractivity contribution >= 4 is 5.91 Å². The molecular formula is C16H23NO4. The fraction of sp³-hybridized carbons (Fsp3) is 0.562. The zero-order chi connectivity index (χ0) is 15.2. The standard InChI is InChI=1S/C16H23NO4/c1-12(2)21-11-13-3-5-14(6-4-13)16(19)17-7-8-20-15(9-17)10-18/h3-6,12,15,18H,7-11H2,1-2H3. The number of nitrogens with zero attached hydrogens (tertiary/aromatic N) is 1. The summed E-state index contributed by atoms with van der Waals surface area (Å²) in [5, 5.41) is 9.12. The van der Waals surface area contributed by atoms with Gasteiger partial charge in [0, 0.05) is 18.7 Å². The number of hydrogen-bond donors (Lipinski definition) is 1. The first-order chi connectivity index (χ1) is 10.1. The number of carbonyl (C=O) groups excluding carboxylic acids is 1. The second kappa shape index (κ2) is 7.54. The van der Waals surface area contributed by atoms with Crippen LogP contribution in [0.4, 0.5) is 0 Å². The maximum absolute atomic E-state index is 12.4. The molecule has 1 atom stereocenters. The molecule has 0 aliphatic carbocycles. The minimum atomic E-state index is -0.276. The van der Waals surface area contributed by atoms with E-state index in [4.69, 9.17) is 14.6 Å². The molecule has 1 aliphatic rings. The molecule has 1 aromatic rings. The Morgan fingerprint density at radius 2 is 2.14 bits per heavy atom. The van der Waals surface area contributed by atoms with Crippen molar-refractivity contribution < 1.29 is 19.4 Å². The van der Waals surface area contributed by atoms with E-state index in [0.29, 0.717) is 31.9 Å². The van der Waals surface area contributed by atoms with Gasteiger partial charge in [-0.2, -0.15) is 0 Å². The molecule has 0 saturated carbocycles. The highest BCUT2D eigenvalue weighted by Gasteiger charge is 2.24. The monoisotopic (exact) mass is 293 g/mol. The Morgan fingerprint density at radius 3 is 2.76 bits per heavy atom. The normalized spacial score (nSPS) is 19.0. The largest absolute Gasteiger partial charge is 0.394 e. The minimum absolute atomic E-state index is 0.0203. The van der Waals surface area contributed by atoms with E-state index in [1.54, 1.807) is 4.90 Å². The molecular weight excluding hydrogens is 270 g/mol. The Kier molecular flexibility index (Phi) is 5.73. The molecule has 116 valence electrons. The van der Waals surface area contributed by atoms with E-state index in [2.05, 4.69) is 0 Å². The highest BCUT2D eigenvalue weighted by Crippen LogP contribution is 2.12. The third kappa shape index (κ3) is 4.52. The molecule has 0 aromatic heterocycles. The topological polar surface area (TPSA) is 59.0 Å². The summed E-state index contributed by atoms with van der Waals surface area (Å²) in [6.07, 6.45) is -0.0866. The number of morpholine rings is 1. The van der Waals surface area contributed by atoms with E-state index in [-0.39, 0.29) is 24.7 Å². The van der Waals surface area contributed by atoms with Gasteiger partial charge in [-0.25, -0.2) is 0 Å². The number of ether oxygens (including phenoxy) is 2. The first-order valence-electron chi connectivity index (χ1n) is 7.32. The van der Waals surface area contributed by atoms with Crippen molar-refractivity contribution in [2.75, 3.05) is 26.3 Å². The second-order valence-corrected chi connectivity index (χ2v) is 5.48. The van der Waals surface area contributed by atoms with Gasteiger partial charge in [0.1, 0.15) is 0 Å². The van der Waals surface area contributed by atoms with E-state index < -0.39 is 0 Å². The minimum Gasteiger partial charge on any atom is -0.394 e. The molecule has 1 aliphatic heterocycles. The van der Waals surface area contributed by atoms with Crippen LogP contribution in [-0.4, -0.2) is 54.4 Å². The SMILES string of the molecule is CC(C)OCc1ccc(C(=O)N2CCOC(CO)C2)cc1. The Bertz CT molecular complexity index is 458. The zero-order valence-corrected chi connectivity index (χ0v) is 12.6. The average molecular weight is 293 g/mol. The van der Waals surface area contributed by atoms with Crippen LogP contribution < -0.4 is 0 Å². The van der Waals surface area contributed by atoms with Crippen LogP contribution in [0.1, 0.15) is 29.8 Å². The molecule has 1 saturated heterocycles. The lowest BCUT2D eigenvalue weighted by Gasteiger charge is -2.32. The van der Waals surface area contributed by atoms with Crippen molar-refractivity contribution in [3.63, 3.8) is 0 Å².